The molecule has 0 aromatic heterocycles. The van der Waals surface area contributed by atoms with E-state index < -0.39 is 17.7 Å². The number of benzene rings is 2. The fourth-order valence-corrected chi connectivity index (χ4v) is 2.62. The largest absolute Gasteiger partial charge is 0.310 e. The minimum absolute atomic E-state index is 0.0803. The Labute approximate surface area is 128 Å². The molecule has 21 heavy (non-hydrogen) atoms. The summed E-state index contributed by atoms with van der Waals surface area (Å²) in [5.74, 6) is -1.02. The molecule has 2 rings (SSSR count). The molecule has 1 N–H and O–H groups in total. The number of hydrogen-bond donors (Lipinski definition) is 1. The van der Waals surface area contributed by atoms with E-state index in [0.717, 1.165) is 5.56 Å². The smallest absolute Gasteiger partial charge is 0.133 e. The highest BCUT2D eigenvalue weighted by Crippen LogP contribution is 2.28. The van der Waals surface area contributed by atoms with Crippen LogP contribution in [0.2, 0.25) is 5.02 Å². The third kappa shape index (κ3) is 3.60. The average Bonchev–Trinajstić information content (AvgIpc) is 2.46. The quantitative estimate of drug-likeness (QED) is 0.835. The molecule has 112 valence electrons. The van der Waals surface area contributed by atoms with Crippen molar-refractivity contribution in [1.82, 2.24) is 5.32 Å². The Morgan fingerprint density at radius 3 is 2.52 bits per heavy atom. The molecule has 2 aromatic carbocycles. The van der Waals surface area contributed by atoms with Gasteiger partial charge in [-0.25, -0.2) is 8.78 Å². The second kappa shape index (κ2) is 7.01. The van der Waals surface area contributed by atoms with Gasteiger partial charge in [0.2, 0.25) is 0 Å². The average molecular weight is 310 g/mol. The molecule has 1 atom stereocenters. The van der Waals surface area contributed by atoms with Crippen LogP contribution in [0.1, 0.15) is 29.7 Å². The maximum absolute atomic E-state index is 14.3. The Kier molecular flexibility index (Phi) is 5.32. The fourth-order valence-electron chi connectivity index (χ4n) is 2.40. The van der Waals surface area contributed by atoms with Crippen LogP contribution in [-0.4, -0.2) is 6.54 Å². The summed E-state index contributed by atoms with van der Waals surface area (Å²) < 4.78 is 28.4. The number of aryl methyl sites for hydroxylation is 1. The van der Waals surface area contributed by atoms with Crippen LogP contribution >= 0.6 is 11.6 Å². The molecular formula is C17H18ClF2N. The maximum atomic E-state index is 14.3. The van der Waals surface area contributed by atoms with Gasteiger partial charge in [0.05, 0.1) is 0 Å². The zero-order valence-electron chi connectivity index (χ0n) is 12.1. The van der Waals surface area contributed by atoms with Gasteiger partial charge in [-0.1, -0.05) is 42.8 Å². The van der Waals surface area contributed by atoms with Gasteiger partial charge in [-0.3, -0.25) is 0 Å². The highest BCUT2D eigenvalue weighted by Gasteiger charge is 2.22. The van der Waals surface area contributed by atoms with Crippen molar-refractivity contribution in [1.29, 1.82) is 0 Å². The van der Waals surface area contributed by atoms with E-state index in [2.05, 4.69) is 5.32 Å². The molecule has 0 aliphatic rings. The van der Waals surface area contributed by atoms with E-state index in [-0.39, 0.29) is 5.56 Å². The Bertz CT molecular complexity index is 628. The highest BCUT2D eigenvalue weighted by molar-refractivity contribution is 6.31. The second-order valence-electron chi connectivity index (χ2n) is 5.00. The summed E-state index contributed by atoms with van der Waals surface area (Å²) in [7, 11) is 0. The van der Waals surface area contributed by atoms with E-state index >= 15 is 0 Å². The first-order valence-electron chi connectivity index (χ1n) is 6.95. The van der Waals surface area contributed by atoms with Crippen molar-refractivity contribution >= 4 is 11.6 Å². The van der Waals surface area contributed by atoms with Gasteiger partial charge in [-0.2, -0.15) is 0 Å². The first-order valence-corrected chi connectivity index (χ1v) is 7.33. The third-order valence-corrected chi connectivity index (χ3v) is 3.87. The van der Waals surface area contributed by atoms with E-state index in [9.17, 15) is 8.78 Å². The molecule has 0 fully saturated rings. The van der Waals surface area contributed by atoms with E-state index in [1.54, 1.807) is 13.0 Å². The molecule has 1 nitrogen and oxygen atoms in total. The van der Waals surface area contributed by atoms with Crippen molar-refractivity contribution in [3.8, 4) is 0 Å². The first-order chi connectivity index (χ1) is 10.0. The maximum Gasteiger partial charge on any atom is 0.133 e. The van der Waals surface area contributed by atoms with Crippen molar-refractivity contribution in [3.05, 3.63) is 69.7 Å². The fraction of sp³-hybridized carbons (Fsp3) is 0.294. The Balaban J connectivity index is 2.40. The minimum Gasteiger partial charge on any atom is -0.310 e. The van der Waals surface area contributed by atoms with Crippen LogP contribution < -0.4 is 5.32 Å². The van der Waals surface area contributed by atoms with Crippen LogP contribution in [0.15, 0.2) is 36.4 Å². The van der Waals surface area contributed by atoms with Crippen molar-refractivity contribution in [2.45, 2.75) is 26.3 Å². The lowest BCUT2D eigenvalue weighted by Crippen LogP contribution is -2.25. The second-order valence-corrected chi connectivity index (χ2v) is 5.40. The summed E-state index contributed by atoms with van der Waals surface area (Å²) in [6.45, 7) is 4.16. The standard InChI is InChI=1S/C17H18ClF2N/c1-3-21-15(10-12-6-4-5-7-13(12)18)16-14(19)9-8-11(2)17(16)20/h4-9,15,21H,3,10H2,1-2H3. The number of rotatable bonds is 5. The lowest BCUT2D eigenvalue weighted by molar-refractivity contribution is 0.470. The molecule has 4 heteroatoms. The molecule has 2 aromatic rings. The van der Waals surface area contributed by atoms with Crippen LogP contribution in [-0.2, 0) is 6.42 Å². The summed E-state index contributed by atoms with van der Waals surface area (Å²) in [6, 6.07) is 9.67. The van der Waals surface area contributed by atoms with Gasteiger partial charge < -0.3 is 5.32 Å². The molecule has 0 aliphatic carbocycles. The molecule has 0 amide bonds. The van der Waals surface area contributed by atoms with Gasteiger partial charge in [-0.05, 0) is 43.1 Å². The third-order valence-electron chi connectivity index (χ3n) is 3.50. The molecule has 1 unspecified atom stereocenters. The molecule has 0 saturated carbocycles. The van der Waals surface area contributed by atoms with E-state index in [1.807, 2.05) is 25.1 Å². The molecule has 0 spiro atoms. The Morgan fingerprint density at radius 1 is 1.14 bits per heavy atom. The zero-order valence-corrected chi connectivity index (χ0v) is 12.8. The lowest BCUT2D eigenvalue weighted by atomic mass is 9.96. The van der Waals surface area contributed by atoms with E-state index in [4.69, 9.17) is 11.6 Å². The summed E-state index contributed by atoms with van der Waals surface area (Å²) in [5, 5.41) is 3.75. The normalized spacial score (nSPS) is 12.4. The molecule has 0 aliphatic heterocycles. The van der Waals surface area contributed by atoms with Gasteiger partial charge >= 0.3 is 0 Å². The number of hydrogen-bond acceptors (Lipinski definition) is 1. The van der Waals surface area contributed by atoms with Crippen molar-refractivity contribution in [2.24, 2.45) is 0 Å². The van der Waals surface area contributed by atoms with E-state index in [0.29, 0.717) is 23.6 Å². The SMILES string of the molecule is CCNC(Cc1ccccc1Cl)c1c(F)ccc(C)c1F. The summed E-state index contributed by atoms with van der Waals surface area (Å²) >= 11 is 6.15. The van der Waals surface area contributed by atoms with Gasteiger partial charge in [0.25, 0.3) is 0 Å². The van der Waals surface area contributed by atoms with Gasteiger partial charge in [0.1, 0.15) is 11.6 Å². The number of halogens is 3. The first kappa shape index (κ1) is 15.9. The van der Waals surface area contributed by atoms with Crippen LogP contribution in [0, 0.1) is 18.6 Å². The zero-order chi connectivity index (χ0) is 15.4. The van der Waals surface area contributed by atoms with Gasteiger partial charge in [-0.15, -0.1) is 0 Å². The van der Waals surface area contributed by atoms with E-state index in [1.165, 1.54) is 12.1 Å². The Morgan fingerprint density at radius 2 is 1.86 bits per heavy atom. The summed E-state index contributed by atoms with van der Waals surface area (Å²) in [5.41, 5.74) is 1.38. The Hall–Kier alpha value is -1.45. The van der Waals surface area contributed by atoms with Crippen molar-refractivity contribution in [3.63, 3.8) is 0 Å². The minimum atomic E-state index is -0.531. The molecule has 0 saturated heterocycles. The van der Waals surface area contributed by atoms with Crippen LogP contribution in [0.5, 0.6) is 0 Å². The van der Waals surface area contributed by atoms with Crippen LogP contribution in [0.4, 0.5) is 8.78 Å². The van der Waals surface area contributed by atoms with Crippen LogP contribution in [0.3, 0.4) is 0 Å². The summed E-state index contributed by atoms with van der Waals surface area (Å²) in [6.07, 6.45) is 0.435. The molecular weight excluding hydrogens is 292 g/mol. The predicted molar refractivity (Wildman–Crippen MR) is 82.7 cm³/mol. The number of nitrogens with one attached hydrogen (secondary N) is 1. The monoisotopic (exact) mass is 309 g/mol. The molecule has 0 heterocycles. The topological polar surface area (TPSA) is 12.0 Å². The van der Waals surface area contributed by atoms with Crippen LogP contribution in [0.25, 0.3) is 0 Å². The lowest BCUT2D eigenvalue weighted by Gasteiger charge is -2.21. The van der Waals surface area contributed by atoms with Gasteiger partial charge in [0, 0.05) is 16.6 Å². The van der Waals surface area contributed by atoms with Crippen molar-refractivity contribution < 1.29 is 8.78 Å². The highest BCUT2D eigenvalue weighted by atomic mass is 35.5. The predicted octanol–water partition coefficient (Wildman–Crippen LogP) is 4.82. The summed E-state index contributed by atoms with van der Waals surface area (Å²) in [4.78, 5) is 0. The van der Waals surface area contributed by atoms with Gasteiger partial charge in [0.15, 0.2) is 0 Å². The number of likely N-dealkylation sites (N-methyl/N-ethyl adjacent to an activating group) is 1. The molecule has 0 bridgehead atoms. The van der Waals surface area contributed by atoms with Crippen molar-refractivity contribution in [2.75, 3.05) is 6.54 Å². The molecule has 0 radical (unpaired) electrons.